The number of ether oxygens (including phenoxy) is 1. The van der Waals surface area contributed by atoms with Crippen LogP contribution in [0, 0.1) is 0 Å². The van der Waals surface area contributed by atoms with E-state index in [4.69, 9.17) is 16.3 Å². The summed E-state index contributed by atoms with van der Waals surface area (Å²) in [6.45, 7) is 2.88. The summed E-state index contributed by atoms with van der Waals surface area (Å²) in [6.07, 6.45) is 0.974. The van der Waals surface area contributed by atoms with Crippen LogP contribution in [0.1, 0.15) is 19.2 Å². The number of rotatable bonds is 7. The van der Waals surface area contributed by atoms with Crippen LogP contribution >= 0.6 is 23.4 Å². The van der Waals surface area contributed by atoms with Crippen molar-refractivity contribution in [2.24, 2.45) is 0 Å². The maximum absolute atomic E-state index is 6.06. The molecule has 0 spiro atoms. The molecule has 0 atom stereocenters. The van der Waals surface area contributed by atoms with Crippen LogP contribution in [-0.2, 0) is 12.3 Å². The Bertz CT molecular complexity index is 819. The zero-order valence-corrected chi connectivity index (χ0v) is 14.8. The monoisotopic (exact) mass is 365 g/mol. The van der Waals surface area contributed by atoms with Crippen LogP contribution in [0.25, 0.3) is 11.4 Å². The van der Waals surface area contributed by atoms with E-state index >= 15 is 0 Å². The van der Waals surface area contributed by atoms with Crippen LogP contribution in [0.15, 0.2) is 23.4 Å². The zero-order chi connectivity index (χ0) is 16.9. The highest BCUT2D eigenvalue weighted by Gasteiger charge is 2.13. The molecular weight excluding hydrogens is 350 g/mol. The lowest BCUT2D eigenvalue weighted by atomic mass is 10.2. The van der Waals surface area contributed by atoms with E-state index in [0.717, 1.165) is 24.4 Å². The van der Waals surface area contributed by atoms with Gasteiger partial charge in [0.25, 0.3) is 0 Å². The van der Waals surface area contributed by atoms with E-state index in [1.54, 1.807) is 30.0 Å². The number of aromatic nitrogens is 7. The molecule has 2 heterocycles. The fourth-order valence-electron chi connectivity index (χ4n) is 2.14. The molecule has 3 rings (SSSR count). The van der Waals surface area contributed by atoms with E-state index in [1.807, 2.05) is 0 Å². The molecule has 0 aliphatic rings. The Kier molecular flexibility index (Phi) is 5.31. The second-order valence-corrected chi connectivity index (χ2v) is 6.30. The molecule has 3 aromatic rings. The first-order valence-corrected chi connectivity index (χ1v) is 8.71. The Labute approximate surface area is 148 Å². The van der Waals surface area contributed by atoms with Gasteiger partial charge in [0.05, 0.1) is 18.4 Å². The highest BCUT2D eigenvalue weighted by Crippen LogP contribution is 2.31. The fourth-order valence-corrected chi connectivity index (χ4v) is 3.04. The minimum absolute atomic E-state index is 0.594. The number of thioether (sulfide) groups is 1. The van der Waals surface area contributed by atoms with E-state index in [9.17, 15) is 0 Å². The number of nitrogens with zero attached hydrogens (tertiary/aromatic N) is 6. The lowest BCUT2D eigenvalue weighted by Crippen LogP contribution is -2.04. The summed E-state index contributed by atoms with van der Waals surface area (Å²) >= 11 is 7.52. The smallest absolute Gasteiger partial charge is 0.209 e. The normalized spacial score (nSPS) is 11.0. The first-order chi connectivity index (χ1) is 11.7. The van der Waals surface area contributed by atoms with E-state index in [1.165, 1.54) is 11.8 Å². The van der Waals surface area contributed by atoms with Gasteiger partial charge in [0, 0.05) is 11.6 Å². The second kappa shape index (κ2) is 7.63. The third-order valence-corrected chi connectivity index (χ3v) is 4.33. The highest BCUT2D eigenvalue weighted by atomic mass is 35.5. The summed E-state index contributed by atoms with van der Waals surface area (Å²) in [5.74, 6) is 2.68. The second-order valence-electron chi connectivity index (χ2n) is 4.92. The van der Waals surface area contributed by atoms with Gasteiger partial charge in [-0.3, -0.25) is 5.10 Å². The molecule has 0 radical (unpaired) electrons. The average molecular weight is 366 g/mol. The summed E-state index contributed by atoms with van der Waals surface area (Å²) < 4.78 is 7.13. The van der Waals surface area contributed by atoms with Gasteiger partial charge in [0.15, 0.2) is 11.6 Å². The summed E-state index contributed by atoms with van der Waals surface area (Å²) in [5.41, 5.74) is 0.764. The van der Waals surface area contributed by atoms with Crippen molar-refractivity contribution in [3.63, 3.8) is 0 Å². The third kappa shape index (κ3) is 3.68. The van der Waals surface area contributed by atoms with Crippen molar-refractivity contribution >= 4 is 23.4 Å². The number of H-pyrrole nitrogens is 1. The number of benzene rings is 1. The van der Waals surface area contributed by atoms with Crippen molar-refractivity contribution in [3.05, 3.63) is 29.0 Å². The number of methoxy groups -OCH3 is 1. The van der Waals surface area contributed by atoms with Crippen molar-refractivity contribution in [1.82, 2.24) is 35.4 Å². The SMILES string of the molecule is CCCn1nnnc1CSc1n[nH]c(-c2cc(Cl)ccc2OC)n1. The van der Waals surface area contributed by atoms with Gasteiger partial charge < -0.3 is 4.74 Å². The largest absolute Gasteiger partial charge is 0.496 e. The first kappa shape index (κ1) is 16.7. The number of aromatic amines is 1. The number of tetrazole rings is 1. The summed E-state index contributed by atoms with van der Waals surface area (Å²) in [6, 6.07) is 5.35. The van der Waals surface area contributed by atoms with Gasteiger partial charge in [-0.25, -0.2) is 9.67 Å². The molecule has 0 unspecified atom stereocenters. The molecule has 8 nitrogen and oxygen atoms in total. The van der Waals surface area contributed by atoms with Crippen molar-refractivity contribution in [2.45, 2.75) is 30.8 Å². The van der Waals surface area contributed by atoms with Gasteiger partial charge in [0.1, 0.15) is 5.75 Å². The zero-order valence-electron chi connectivity index (χ0n) is 13.2. The van der Waals surface area contributed by atoms with Crippen molar-refractivity contribution in [3.8, 4) is 17.1 Å². The summed E-state index contributed by atoms with van der Waals surface area (Å²) in [4.78, 5) is 4.49. The molecule has 126 valence electrons. The minimum Gasteiger partial charge on any atom is -0.496 e. The maximum atomic E-state index is 6.06. The molecule has 0 amide bonds. The average Bonchev–Trinajstić information content (AvgIpc) is 3.22. The molecule has 0 aliphatic carbocycles. The van der Waals surface area contributed by atoms with Crippen molar-refractivity contribution in [1.29, 1.82) is 0 Å². The highest BCUT2D eigenvalue weighted by molar-refractivity contribution is 7.98. The molecule has 1 aromatic carbocycles. The van der Waals surface area contributed by atoms with E-state index in [0.29, 0.717) is 27.5 Å². The van der Waals surface area contributed by atoms with Crippen LogP contribution < -0.4 is 4.74 Å². The predicted molar refractivity (Wildman–Crippen MR) is 91.0 cm³/mol. The van der Waals surface area contributed by atoms with Crippen molar-refractivity contribution in [2.75, 3.05) is 7.11 Å². The molecule has 0 aliphatic heterocycles. The Balaban J connectivity index is 1.74. The minimum atomic E-state index is 0.594. The fraction of sp³-hybridized carbons (Fsp3) is 0.357. The van der Waals surface area contributed by atoms with Crippen LogP contribution in [0.3, 0.4) is 0 Å². The summed E-state index contributed by atoms with van der Waals surface area (Å²) in [5, 5.41) is 20.1. The first-order valence-electron chi connectivity index (χ1n) is 7.35. The Morgan fingerprint density at radius 1 is 1.38 bits per heavy atom. The number of nitrogens with one attached hydrogen (secondary N) is 1. The number of aryl methyl sites for hydroxylation is 1. The van der Waals surface area contributed by atoms with Crippen LogP contribution in [0.5, 0.6) is 5.75 Å². The molecule has 1 N–H and O–H groups in total. The standard InChI is InChI=1S/C14H16ClN7OS/c1-3-6-22-12(17-20-21-22)8-24-14-16-13(18-19-14)10-7-9(15)4-5-11(10)23-2/h4-5,7H,3,6,8H2,1-2H3,(H,16,18,19). The number of hydrogen-bond acceptors (Lipinski definition) is 7. The Morgan fingerprint density at radius 3 is 3.04 bits per heavy atom. The lowest BCUT2D eigenvalue weighted by molar-refractivity contribution is 0.416. The lowest BCUT2D eigenvalue weighted by Gasteiger charge is -2.05. The Morgan fingerprint density at radius 2 is 2.25 bits per heavy atom. The van der Waals surface area contributed by atoms with Crippen LogP contribution in [-0.4, -0.2) is 42.5 Å². The molecule has 10 heteroatoms. The molecule has 0 fully saturated rings. The molecule has 2 aromatic heterocycles. The van der Waals surface area contributed by atoms with Crippen molar-refractivity contribution < 1.29 is 4.74 Å². The Hall–Kier alpha value is -2.13. The van der Waals surface area contributed by atoms with Gasteiger partial charge in [-0.05, 0) is 35.0 Å². The molecule has 24 heavy (non-hydrogen) atoms. The van der Waals surface area contributed by atoms with E-state index < -0.39 is 0 Å². The number of halogens is 1. The maximum Gasteiger partial charge on any atom is 0.209 e. The van der Waals surface area contributed by atoms with E-state index in [-0.39, 0.29) is 0 Å². The van der Waals surface area contributed by atoms with Gasteiger partial charge in [0.2, 0.25) is 5.16 Å². The van der Waals surface area contributed by atoms with Gasteiger partial charge >= 0.3 is 0 Å². The summed E-state index contributed by atoms with van der Waals surface area (Å²) in [7, 11) is 1.60. The topological polar surface area (TPSA) is 94.4 Å². The quantitative estimate of drug-likeness (QED) is 0.643. The molecule has 0 bridgehead atoms. The molecular formula is C14H16ClN7OS. The molecule has 0 saturated heterocycles. The van der Waals surface area contributed by atoms with Gasteiger partial charge in [-0.15, -0.1) is 10.2 Å². The van der Waals surface area contributed by atoms with Gasteiger partial charge in [-0.2, -0.15) is 0 Å². The van der Waals surface area contributed by atoms with Crippen LogP contribution in [0.2, 0.25) is 5.02 Å². The van der Waals surface area contributed by atoms with Gasteiger partial charge in [-0.1, -0.05) is 30.3 Å². The van der Waals surface area contributed by atoms with E-state index in [2.05, 4.69) is 37.6 Å². The third-order valence-electron chi connectivity index (χ3n) is 3.25. The molecule has 0 saturated carbocycles. The predicted octanol–water partition coefficient (Wildman–Crippen LogP) is 2.82. The van der Waals surface area contributed by atoms with Crippen LogP contribution in [0.4, 0.5) is 0 Å². The number of hydrogen-bond donors (Lipinski definition) is 1.